The molecule has 2 aromatic rings. The summed E-state index contributed by atoms with van der Waals surface area (Å²) in [5, 5.41) is 4.84. The number of nitrogens with zero attached hydrogens (tertiary/aromatic N) is 4. The first-order valence-electron chi connectivity index (χ1n) is 8.92. The molecule has 1 aromatic carbocycles. The van der Waals surface area contributed by atoms with Crippen LogP contribution in [0.2, 0.25) is 0 Å². The average Bonchev–Trinajstić information content (AvgIpc) is 3.32. The van der Waals surface area contributed by atoms with Gasteiger partial charge in [-0.3, -0.25) is 20.0 Å². The summed E-state index contributed by atoms with van der Waals surface area (Å²) in [5.74, 6) is -1.56. The van der Waals surface area contributed by atoms with Gasteiger partial charge in [0.05, 0.1) is 11.1 Å². The number of halogens is 6. The zero-order chi connectivity index (χ0) is 23.7. The van der Waals surface area contributed by atoms with Crippen molar-refractivity contribution in [1.82, 2.24) is 25.2 Å². The maximum absolute atomic E-state index is 13.0. The number of alkyl halides is 6. The summed E-state index contributed by atoms with van der Waals surface area (Å²) in [6.45, 7) is 0.238. The summed E-state index contributed by atoms with van der Waals surface area (Å²) < 4.78 is 83.9. The third kappa shape index (κ3) is 5.25. The number of rotatable bonds is 5. The summed E-state index contributed by atoms with van der Waals surface area (Å²) >= 11 is 0. The van der Waals surface area contributed by atoms with E-state index in [0.717, 1.165) is 28.3 Å². The largest absolute Gasteiger partial charge is 0.416 e. The smallest absolute Gasteiger partial charge is 0.371 e. The Morgan fingerprint density at radius 2 is 1.78 bits per heavy atom. The molecule has 0 bridgehead atoms. The minimum absolute atomic E-state index is 0.00147. The summed E-state index contributed by atoms with van der Waals surface area (Å²) in [6.07, 6.45) is -7.27. The van der Waals surface area contributed by atoms with Crippen LogP contribution in [0.3, 0.4) is 0 Å². The highest BCUT2D eigenvalue weighted by Crippen LogP contribution is 2.38. The van der Waals surface area contributed by atoms with E-state index in [4.69, 9.17) is 4.74 Å². The molecule has 2 heterocycles. The third-order valence-corrected chi connectivity index (χ3v) is 4.42. The van der Waals surface area contributed by atoms with Crippen LogP contribution >= 0.6 is 0 Å². The highest BCUT2D eigenvalue weighted by atomic mass is 19.4. The lowest BCUT2D eigenvalue weighted by molar-refractivity contribution is -0.143. The maximum atomic E-state index is 13.0. The van der Waals surface area contributed by atoms with Crippen LogP contribution in [0.5, 0.6) is 0 Å². The summed E-state index contributed by atoms with van der Waals surface area (Å²) in [5.41, 5.74) is -1.19. The molecule has 1 aliphatic rings. The van der Waals surface area contributed by atoms with Crippen LogP contribution in [0.15, 0.2) is 30.6 Å². The van der Waals surface area contributed by atoms with Crippen LogP contribution in [-0.4, -0.2) is 51.3 Å². The van der Waals surface area contributed by atoms with E-state index in [0.29, 0.717) is 18.6 Å². The molecule has 1 atom stereocenters. The Kier molecular flexibility index (Phi) is 6.25. The van der Waals surface area contributed by atoms with Gasteiger partial charge in [-0.1, -0.05) is 0 Å². The van der Waals surface area contributed by atoms with Crippen LogP contribution < -0.4 is 5.43 Å². The number of nitrogens with one attached hydrogen (secondary N) is 1. The predicted molar refractivity (Wildman–Crippen MR) is 96.1 cm³/mol. The zero-order valence-corrected chi connectivity index (χ0v) is 16.2. The fraction of sp³-hybridized carbons (Fsp3) is 0.333. The number of hydrazine groups is 1. The molecule has 32 heavy (non-hydrogen) atoms. The van der Waals surface area contributed by atoms with Crippen molar-refractivity contribution in [3.05, 3.63) is 41.7 Å². The Hall–Kier alpha value is -3.42. The molecule has 2 amide bonds. The fourth-order valence-electron chi connectivity index (χ4n) is 2.86. The van der Waals surface area contributed by atoms with Crippen molar-refractivity contribution in [3.63, 3.8) is 0 Å². The molecule has 14 heteroatoms. The van der Waals surface area contributed by atoms with Crippen LogP contribution in [0.4, 0.5) is 26.3 Å². The highest BCUT2D eigenvalue weighted by Gasteiger charge is 2.37. The standard InChI is InChI=1S/C18H15F6N5O3/c1-32-13-2-5-29(16(13)31)26-14(30)3-4-28-9-25-15(27-28)10-6-11(17(19,20)21)8-12(7-10)18(22,23)24/h3-4,6-9,13H,2,5H2,1H3,(H,26,30)/b4-3-/t13-/m0/s1. The zero-order valence-electron chi connectivity index (χ0n) is 16.2. The highest BCUT2D eigenvalue weighted by molar-refractivity contribution is 5.92. The van der Waals surface area contributed by atoms with Gasteiger partial charge < -0.3 is 4.74 Å². The van der Waals surface area contributed by atoms with E-state index in [1.54, 1.807) is 0 Å². The Bertz CT molecular complexity index is 1010. The second-order valence-electron chi connectivity index (χ2n) is 6.64. The molecule has 1 N–H and O–H groups in total. The van der Waals surface area contributed by atoms with Crippen LogP contribution in [0.1, 0.15) is 17.5 Å². The van der Waals surface area contributed by atoms with Gasteiger partial charge in [0.15, 0.2) is 5.82 Å². The van der Waals surface area contributed by atoms with Crippen LogP contribution in [0.25, 0.3) is 17.6 Å². The Balaban J connectivity index is 1.77. The quantitative estimate of drug-likeness (QED) is 0.544. The van der Waals surface area contributed by atoms with Crippen molar-refractivity contribution in [1.29, 1.82) is 0 Å². The van der Waals surface area contributed by atoms with E-state index in [1.165, 1.54) is 7.11 Å². The molecule has 0 saturated carbocycles. The van der Waals surface area contributed by atoms with Crippen molar-refractivity contribution >= 4 is 18.0 Å². The first-order chi connectivity index (χ1) is 14.9. The van der Waals surface area contributed by atoms with Gasteiger partial charge in [0, 0.05) is 37.9 Å². The predicted octanol–water partition coefficient (Wildman–Crippen LogP) is 2.73. The second-order valence-corrected chi connectivity index (χ2v) is 6.64. The van der Waals surface area contributed by atoms with E-state index >= 15 is 0 Å². The van der Waals surface area contributed by atoms with Gasteiger partial charge in [0.1, 0.15) is 12.4 Å². The molecule has 0 spiro atoms. The molecular weight excluding hydrogens is 448 g/mol. The van der Waals surface area contributed by atoms with E-state index in [9.17, 15) is 35.9 Å². The number of ether oxygens (including phenoxy) is 1. The van der Waals surface area contributed by atoms with E-state index in [1.807, 2.05) is 0 Å². The molecule has 8 nitrogen and oxygen atoms in total. The van der Waals surface area contributed by atoms with Gasteiger partial charge in [-0.25, -0.2) is 9.67 Å². The first kappa shape index (κ1) is 23.2. The van der Waals surface area contributed by atoms with Gasteiger partial charge in [-0.05, 0) is 18.2 Å². The van der Waals surface area contributed by atoms with Gasteiger partial charge in [-0.2, -0.15) is 26.3 Å². The Morgan fingerprint density at radius 1 is 1.16 bits per heavy atom. The molecule has 1 aromatic heterocycles. The van der Waals surface area contributed by atoms with Gasteiger partial charge in [-0.15, -0.1) is 5.10 Å². The number of hydrogen-bond acceptors (Lipinski definition) is 5. The monoisotopic (exact) mass is 463 g/mol. The van der Waals surface area contributed by atoms with Gasteiger partial charge in [0.2, 0.25) is 0 Å². The number of methoxy groups -OCH3 is 1. The van der Waals surface area contributed by atoms with Crippen molar-refractivity contribution in [2.75, 3.05) is 13.7 Å². The summed E-state index contributed by atoms with van der Waals surface area (Å²) in [4.78, 5) is 27.5. The van der Waals surface area contributed by atoms with E-state index in [-0.39, 0.29) is 12.6 Å². The molecule has 0 aliphatic carbocycles. The molecule has 3 rings (SSSR count). The van der Waals surface area contributed by atoms with Crippen LogP contribution in [-0.2, 0) is 26.7 Å². The minimum atomic E-state index is -5.01. The Labute approximate surface area is 176 Å². The Morgan fingerprint density at radius 3 is 2.31 bits per heavy atom. The number of amides is 2. The molecule has 0 radical (unpaired) electrons. The topological polar surface area (TPSA) is 89.3 Å². The fourth-order valence-corrected chi connectivity index (χ4v) is 2.86. The van der Waals surface area contributed by atoms with Crippen LogP contribution in [0, 0.1) is 0 Å². The number of hydrogen-bond donors (Lipinski definition) is 1. The molecular formula is C18H15F6N5O3. The first-order valence-corrected chi connectivity index (χ1v) is 8.92. The molecule has 1 aliphatic heterocycles. The lowest BCUT2D eigenvalue weighted by Crippen LogP contribution is -2.44. The van der Waals surface area contributed by atoms with Crippen molar-refractivity contribution in [2.45, 2.75) is 24.9 Å². The molecule has 0 unspecified atom stereocenters. The lowest BCUT2D eigenvalue weighted by Gasteiger charge is -2.15. The molecule has 172 valence electrons. The van der Waals surface area contributed by atoms with Gasteiger partial charge in [0.25, 0.3) is 11.8 Å². The minimum Gasteiger partial charge on any atom is -0.371 e. The normalized spacial score (nSPS) is 17.4. The van der Waals surface area contributed by atoms with E-state index in [2.05, 4.69) is 15.5 Å². The van der Waals surface area contributed by atoms with Crippen molar-refractivity contribution in [3.8, 4) is 11.4 Å². The lowest BCUT2D eigenvalue weighted by atomic mass is 10.0. The van der Waals surface area contributed by atoms with Crippen molar-refractivity contribution < 1.29 is 40.7 Å². The van der Waals surface area contributed by atoms with Crippen molar-refractivity contribution in [2.24, 2.45) is 0 Å². The van der Waals surface area contributed by atoms with Gasteiger partial charge >= 0.3 is 12.4 Å². The maximum Gasteiger partial charge on any atom is 0.416 e. The summed E-state index contributed by atoms with van der Waals surface area (Å²) in [7, 11) is 1.36. The number of carbonyl (C=O) groups is 2. The third-order valence-electron chi connectivity index (χ3n) is 4.42. The SMILES string of the molecule is CO[C@H]1CCN(NC(=O)/C=C\n2cnc(-c3cc(C(F)(F)F)cc(C(F)(F)F)c3)n2)C1=O. The van der Waals surface area contributed by atoms with E-state index < -0.39 is 52.8 Å². The summed E-state index contributed by atoms with van der Waals surface area (Å²) in [6, 6.07) is 0.992. The average molecular weight is 463 g/mol. The molecule has 1 saturated heterocycles. The number of benzene rings is 1. The second kappa shape index (κ2) is 8.61. The number of aromatic nitrogens is 3. The number of carbonyl (C=O) groups excluding carboxylic acids is 2. The molecule has 1 fully saturated rings.